The van der Waals surface area contributed by atoms with Gasteiger partial charge in [-0.1, -0.05) is 47.5 Å². The number of carbonyl (C=O) groups excluding carboxylic acids is 3. The fraction of sp³-hybridized carbons (Fsp3) is 0.0800. The predicted octanol–water partition coefficient (Wildman–Crippen LogP) is 5.31. The Bertz CT molecular complexity index is 1430. The van der Waals surface area contributed by atoms with Gasteiger partial charge >= 0.3 is 11.8 Å². The summed E-state index contributed by atoms with van der Waals surface area (Å²) in [5, 5.41) is 6.63. The first kappa shape index (κ1) is 24.1. The molecule has 0 fully saturated rings. The Balaban J connectivity index is 1.63. The number of hydrogen-bond acceptors (Lipinski definition) is 4. The van der Waals surface area contributed by atoms with Crippen LogP contribution in [-0.4, -0.2) is 29.0 Å². The number of halogens is 2. The summed E-state index contributed by atoms with van der Waals surface area (Å²) >= 11 is 12.3. The molecule has 0 saturated carbocycles. The van der Waals surface area contributed by atoms with Crippen molar-refractivity contribution in [2.75, 3.05) is 22.7 Å². The molecule has 3 amide bonds. The average Bonchev–Trinajstić information content (AvgIpc) is 3.19. The van der Waals surface area contributed by atoms with Gasteiger partial charge in [-0.05, 0) is 55.5 Å². The summed E-state index contributed by atoms with van der Waals surface area (Å²) in [5.74, 6) is -2.05. The first-order valence-corrected chi connectivity index (χ1v) is 11.3. The van der Waals surface area contributed by atoms with Gasteiger partial charge in [-0.15, -0.1) is 0 Å². The summed E-state index contributed by atoms with van der Waals surface area (Å²) < 4.78 is 6.71. The van der Waals surface area contributed by atoms with Crippen LogP contribution in [0.5, 0.6) is 5.75 Å². The molecule has 4 aromatic rings. The van der Waals surface area contributed by atoms with Crippen LogP contribution in [0.2, 0.25) is 10.0 Å². The van der Waals surface area contributed by atoms with E-state index in [4.69, 9.17) is 27.9 Å². The highest BCUT2D eigenvalue weighted by atomic mass is 35.5. The molecule has 0 saturated heterocycles. The Hall–Kier alpha value is -4.01. The van der Waals surface area contributed by atoms with Crippen LogP contribution >= 0.6 is 23.2 Å². The van der Waals surface area contributed by atoms with E-state index < -0.39 is 17.7 Å². The quantitative estimate of drug-likeness (QED) is 0.306. The van der Waals surface area contributed by atoms with E-state index in [0.717, 1.165) is 0 Å². The zero-order chi connectivity index (χ0) is 24.9. The van der Waals surface area contributed by atoms with E-state index in [-0.39, 0.29) is 5.69 Å². The molecule has 0 radical (unpaired) electrons. The molecule has 1 aromatic heterocycles. The Morgan fingerprint density at radius 3 is 2.31 bits per heavy atom. The van der Waals surface area contributed by atoms with E-state index in [2.05, 4.69) is 16.1 Å². The van der Waals surface area contributed by atoms with Crippen molar-refractivity contribution in [2.24, 2.45) is 0 Å². The minimum Gasteiger partial charge on any atom is -0.492 e. The van der Waals surface area contributed by atoms with Gasteiger partial charge in [0.25, 0.3) is 5.91 Å². The summed E-state index contributed by atoms with van der Waals surface area (Å²) in [5.41, 5.74) is 3.77. The minimum absolute atomic E-state index is 0.0676. The summed E-state index contributed by atoms with van der Waals surface area (Å²) in [7, 11) is 0. The largest absolute Gasteiger partial charge is 0.492 e. The third kappa shape index (κ3) is 5.40. The number of carbonyl (C=O) groups is 3. The maximum atomic E-state index is 13.1. The number of amides is 3. The number of nitrogens with zero attached hydrogens (tertiary/aromatic N) is 1. The zero-order valence-corrected chi connectivity index (χ0v) is 20.0. The van der Waals surface area contributed by atoms with Crippen LogP contribution in [0.3, 0.4) is 0 Å². The highest BCUT2D eigenvalue weighted by molar-refractivity contribution is 6.42. The van der Waals surface area contributed by atoms with Gasteiger partial charge < -0.3 is 15.4 Å². The third-order valence-corrected chi connectivity index (χ3v) is 5.54. The Kier molecular flexibility index (Phi) is 7.24. The van der Waals surface area contributed by atoms with E-state index in [1.165, 1.54) is 4.68 Å². The number of aromatic nitrogens is 1. The van der Waals surface area contributed by atoms with E-state index in [9.17, 15) is 14.4 Å². The van der Waals surface area contributed by atoms with Crippen molar-refractivity contribution in [3.05, 3.63) is 88.5 Å². The smallest absolute Gasteiger partial charge is 0.328 e. The lowest BCUT2D eigenvalue weighted by Gasteiger charge is -2.14. The first-order valence-electron chi connectivity index (χ1n) is 10.6. The molecular formula is C25H20Cl2N4O4. The molecule has 3 N–H and O–H groups in total. The number of rotatable bonds is 6. The average molecular weight is 511 g/mol. The van der Waals surface area contributed by atoms with Crippen LogP contribution in [0.25, 0.3) is 10.9 Å². The van der Waals surface area contributed by atoms with Crippen molar-refractivity contribution >= 4 is 63.2 Å². The van der Waals surface area contributed by atoms with Crippen LogP contribution in [-0.2, 0) is 9.59 Å². The monoisotopic (exact) mass is 510 g/mol. The molecule has 0 spiro atoms. The van der Waals surface area contributed by atoms with Crippen molar-refractivity contribution in [1.82, 2.24) is 4.68 Å². The van der Waals surface area contributed by atoms with Crippen molar-refractivity contribution in [1.29, 1.82) is 0 Å². The number of hydrogen-bond donors (Lipinski definition) is 3. The van der Waals surface area contributed by atoms with Crippen LogP contribution in [0.15, 0.2) is 72.8 Å². The molecule has 0 unspecified atom stereocenters. The number of benzene rings is 3. The number of ether oxygens (including phenoxy) is 1. The van der Waals surface area contributed by atoms with Crippen molar-refractivity contribution in [2.45, 2.75) is 6.92 Å². The van der Waals surface area contributed by atoms with Gasteiger partial charge in [-0.2, -0.15) is 0 Å². The molecule has 0 aliphatic carbocycles. The molecule has 178 valence electrons. The topological polar surface area (TPSA) is 101 Å². The second-order valence-corrected chi connectivity index (χ2v) is 8.17. The summed E-state index contributed by atoms with van der Waals surface area (Å²) in [4.78, 5) is 38.6. The SMILES string of the molecule is CCOc1ccccc1NC(=O)C(=O)Nn1c(C(=O)Nc2ccccc2Cl)cc2cc(Cl)ccc21. The maximum Gasteiger partial charge on any atom is 0.328 e. The second-order valence-electron chi connectivity index (χ2n) is 7.33. The van der Waals surface area contributed by atoms with Crippen molar-refractivity contribution in [3.8, 4) is 5.75 Å². The van der Waals surface area contributed by atoms with Gasteiger partial charge in [0.15, 0.2) is 0 Å². The van der Waals surface area contributed by atoms with E-state index in [1.807, 2.05) is 6.92 Å². The van der Waals surface area contributed by atoms with Crippen LogP contribution in [0, 0.1) is 0 Å². The van der Waals surface area contributed by atoms with Crippen LogP contribution in [0.4, 0.5) is 11.4 Å². The number of anilines is 2. The Labute approximate surface area is 210 Å². The lowest BCUT2D eigenvalue weighted by molar-refractivity contribution is -0.133. The van der Waals surface area contributed by atoms with Gasteiger partial charge in [-0.25, -0.2) is 4.68 Å². The van der Waals surface area contributed by atoms with Crippen molar-refractivity contribution < 1.29 is 19.1 Å². The molecule has 0 bridgehead atoms. The van der Waals surface area contributed by atoms with Crippen LogP contribution < -0.4 is 20.8 Å². The highest BCUT2D eigenvalue weighted by Gasteiger charge is 2.22. The predicted molar refractivity (Wildman–Crippen MR) is 137 cm³/mol. The zero-order valence-electron chi connectivity index (χ0n) is 18.5. The molecule has 1 heterocycles. The summed E-state index contributed by atoms with van der Waals surface area (Å²) in [6, 6.07) is 19.9. The van der Waals surface area contributed by atoms with E-state index >= 15 is 0 Å². The molecule has 8 nitrogen and oxygen atoms in total. The van der Waals surface area contributed by atoms with Gasteiger partial charge in [0.1, 0.15) is 11.4 Å². The van der Waals surface area contributed by atoms with Gasteiger partial charge in [0.05, 0.1) is 28.5 Å². The van der Waals surface area contributed by atoms with Crippen LogP contribution in [0.1, 0.15) is 17.4 Å². The molecule has 35 heavy (non-hydrogen) atoms. The molecule has 4 rings (SSSR count). The molecule has 3 aromatic carbocycles. The second kappa shape index (κ2) is 10.5. The number of para-hydroxylation sites is 3. The Morgan fingerprint density at radius 1 is 0.857 bits per heavy atom. The van der Waals surface area contributed by atoms with Crippen molar-refractivity contribution in [3.63, 3.8) is 0 Å². The van der Waals surface area contributed by atoms with Gasteiger partial charge in [0, 0.05) is 10.4 Å². The minimum atomic E-state index is -0.990. The molecule has 0 atom stereocenters. The molecular weight excluding hydrogens is 491 g/mol. The maximum absolute atomic E-state index is 13.1. The van der Waals surface area contributed by atoms with Gasteiger partial charge in [-0.3, -0.25) is 19.8 Å². The standard InChI is InChI=1S/C25H20Cl2N4O4/c1-2-35-22-10-6-5-9-19(22)29-24(33)25(34)30-31-20-12-11-16(26)13-15(20)14-21(31)23(32)28-18-8-4-3-7-17(18)27/h3-14H,2H2,1H3,(H,28,32)(H,29,33)(H,30,34). The molecule has 10 heteroatoms. The highest BCUT2D eigenvalue weighted by Crippen LogP contribution is 2.26. The summed E-state index contributed by atoms with van der Waals surface area (Å²) in [6.07, 6.45) is 0. The fourth-order valence-corrected chi connectivity index (χ4v) is 3.77. The lowest BCUT2D eigenvalue weighted by atomic mass is 10.2. The van der Waals surface area contributed by atoms with E-state index in [1.54, 1.807) is 72.8 Å². The fourth-order valence-electron chi connectivity index (χ4n) is 3.41. The molecule has 0 aliphatic rings. The summed E-state index contributed by atoms with van der Waals surface area (Å²) in [6.45, 7) is 2.20. The normalized spacial score (nSPS) is 10.6. The Morgan fingerprint density at radius 2 is 1.57 bits per heavy atom. The lowest BCUT2D eigenvalue weighted by Crippen LogP contribution is -2.36. The van der Waals surface area contributed by atoms with E-state index in [0.29, 0.717) is 44.7 Å². The number of nitrogens with one attached hydrogen (secondary N) is 3. The third-order valence-electron chi connectivity index (χ3n) is 4.97. The molecule has 0 aliphatic heterocycles. The van der Waals surface area contributed by atoms with Gasteiger partial charge in [0.2, 0.25) is 0 Å². The number of fused-ring (bicyclic) bond motifs is 1. The first-order chi connectivity index (χ1) is 16.9.